The number of carbonyl (C=O) groups excluding carboxylic acids is 3. The largest absolute Gasteiger partial charge is 0.454 e. The Balaban J connectivity index is 1.32. The highest BCUT2D eigenvalue weighted by molar-refractivity contribution is 6.11. The van der Waals surface area contributed by atoms with E-state index in [1.807, 2.05) is 6.07 Å². The van der Waals surface area contributed by atoms with Crippen molar-refractivity contribution in [3.05, 3.63) is 53.6 Å². The van der Waals surface area contributed by atoms with E-state index in [0.717, 1.165) is 12.0 Å². The summed E-state index contributed by atoms with van der Waals surface area (Å²) in [6, 6.07) is 9.89. The molecule has 5 rings (SSSR count). The van der Waals surface area contributed by atoms with Crippen LogP contribution in [-0.4, -0.2) is 42.0 Å². The molecule has 3 heterocycles. The molecule has 0 radical (unpaired) electrons. The molecule has 0 aromatic heterocycles. The molecule has 0 bridgehead atoms. The second kappa shape index (κ2) is 7.22. The number of anilines is 2. The van der Waals surface area contributed by atoms with Gasteiger partial charge in [-0.2, -0.15) is 0 Å². The standard InChI is InChI=1S/C22H19N3O5/c26-20(8-4-13-3-7-18-19(10-13)30-12-29-18)23-14-5-6-16-15(11-14)22(28)25-9-1-2-17(25)21(27)24-16/h3-8,10-11,17H,1-2,9,12H2,(H,23,26)(H,24,27)/b8-4+/t17-/m0/s1. The van der Waals surface area contributed by atoms with Gasteiger partial charge in [-0.25, -0.2) is 0 Å². The van der Waals surface area contributed by atoms with E-state index in [9.17, 15) is 14.4 Å². The van der Waals surface area contributed by atoms with E-state index in [1.165, 1.54) is 6.08 Å². The zero-order chi connectivity index (χ0) is 20.7. The number of fused-ring (bicyclic) bond motifs is 3. The van der Waals surface area contributed by atoms with Gasteiger partial charge in [-0.15, -0.1) is 0 Å². The topological polar surface area (TPSA) is 97.0 Å². The first-order valence-corrected chi connectivity index (χ1v) is 9.73. The zero-order valence-corrected chi connectivity index (χ0v) is 16.0. The summed E-state index contributed by atoms with van der Waals surface area (Å²) >= 11 is 0. The zero-order valence-electron chi connectivity index (χ0n) is 16.0. The van der Waals surface area contributed by atoms with Crippen molar-refractivity contribution in [2.75, 3.05) is 24.0 Å². The molecule has 0 saturated carbocycles. The maximum atomic E-state index is 12.9. The highest BCUT2D eigenvalue weighted by Crippen LogP contribution is 2.33. The molecule has 8 heteroatoms. The highest BCUT2D eigenvalue weighted by Gasteiger charge is 2.38. The van der Waals surface area contributed by atoms with Gasteiger partial charge in [0.1, 0.15) is 6.04 Å². The first-order valence-electron chi connectivity index (χ1n) is 9.73. The molecule has 2 aromatic carbocycles. The molecule has 1 fully saturated rings. The lowest BCUT2D eigenvalue weighted by Crippen LogP contribution is -2.40. The maximum Gasteiger partial charge on any atom is 0.256 e. The fourth-order valence-corrected chi connectivity index (χ4v) is 3.93. The lowest BCUT2D eigenvalue weighted by Gasteiger charge is -2.20. The minimum Gasteiger partial charge on any atom is -0.454 e. The molecule has 3 aliphatic rings. The van der Waals surface area contributed by atoms with Crippen molar-refractivity contribution in [1.82, 2.24) is 4.90 Å². The SMILES string of the molecule is O=C(/C=C/c1ccc2c(c1)OCO2)Nc1ccc2c(c1)C(=O)N1CCC[C@H]1C(=O)N2. The summed E-state index contributed by atoms with van der Waals surface area (Å²) in [5.74, 6) is 0.625. The fourth-order valence-electron chi connectivity index (χ4n) is 3.93. The van der Waals surface area contributed by atoms with E-state index in [1.54, 1.807) is 41.3 Å². The Morgan fingerprint density at radius 2 is 2.00 bits per heavy atom. The van der Waals surface area contributed by atoms with Crippen LogP contribution >= 0.6 is 0 Å². The third kappa shape index (κ3) is 3.26. The number of benzene rings is 2. The average molecular weight is 405 g/mol. The minimum atomic E-state index is -0.424. The van der Waals surface area contributed by atoms with Crippen LogP contribution in [0.1, 0.15) is 28.8 Å². The van der Waals surface area contributed by atoms with Crippen molar-refractivity contribution in [3.63, 3.8) is 0 Å². The molecule has 0 spiro atoms. The van der Waals surface area contributed by atoms with Gasteiger partial charge in [0.15, 0.2) is 11.5 Å². The molecule has 2 aromatic rings. The normalized spacial score (nSPS) is 19.3. The number of nitrogens with one attached hydrogen (secondary N) is 2. The van der Waals surface area contributed by atoms with Crippen LogP contribution in [0.4, 0.5) is 11.4 Å². The molecule has 0 unspecified atom stereocenters. The van der Waals surface area contributed by atoms with Crippen LogP contribution in [0.15, 0.2) is 42.5 Å². The molecular weight excluding hydrogens is 386 g/mol. The van der Waals surface area contributed by atoms with Crippen molar-refractivity contribution < 1.29 is 23.9 Å². The summed E-state index contributed by atoms with van der Waals surface area (Å²) < 4.78 is 10.6. The van der Waals surface area contributed by atoms with Crippen molar-refractivity contribution in [2.45, 2.75) is 18.9 Å². The molecule has 1 atom stereocenters. The summed E-state index contributed by atoms with van der Waals surface area (Å²) in [4.78, 5) is 39.2. The van der Waals surface area contributed by atoms with Gasteiger partial charge in [-0.05, 0) is 54.8 Å². The molecule has 8 nitrogen and oxygen atoms in total. The second-order valence-electron chi connectivity index (χ2n) is 7.34. The Bertz CT molecular complexity index is 1090. The fraction of sp³-hybridized carbons (Fsp3) is 0.227. The van der Waals surface area contributed by atoms with Crippen molar-refractivity contribution >= 4 is 35.2 Å². The molecule has 152 valence electrons. The quantitative estimate of drug-likeness (QED) is 0.766. The summed E-state index contributed by atoms with van der Waals surface area (Å²) in [5.41, 5.74) is 2.13. The van der Waals surface area contributed by atoms with Crippen LogP contribution in [0.5, 0.6) is 11.5 Å². The predicted molar refractivity (Wildman–Crippen MR) is 109 cm³/mol. The third-order valence-electron chi connectivity index (χ3n) is 5.42. The van der Waals surface area contributed by atoms with Gasteiger partial charge < -0.3 is 25.0 Å². The lowest BCUT2D eigenvalue weighted by atomic mass is 10.1. The van der Waals surface area contributed by atoms with Crippen molar-refractivity contribution in [1.29, 1.82) is 0 Å². The summed E-state index contributed by atoms with van der Waals surface area (Å²) in [7, 11) is 0. The minimum absolute atomic E-state index is 0.164. The van der Waals surface area contributed by atoms with E-state index in [0.29, 0.717) is 41.4 Å². The molecule has 3 aliphatic heterocycles. The molecule has 2 N–H and O–H groups in total. The number of nitrogens with zero attached hydrogens (tertiary/aromatic N) is 1. The number of hydrogen-bond donors (Lipinski definition) is 2. The van der Waals surface area contributed by atoms with Crippen LogP contribution < -0.4 is 20.1 Å². The molecular formula is C22H19N3O5. The Hall–Kier alpha value is -3.81. The Morgan fingerprint density at radius 1 is 1.13 bits per heavy atom. The van der Waals surface area contributed by atoms with Gasteiger partial charge in [0, 0.05) is 18.3 Å². The number of carbonyl (C=O) groups is 3. The Morgan fingerprint density at radius 3 is 2.90 bits per heavy atom. The number of ether oxygens (including phenoxy) is 2. The Labute approximate surface area is 172 Å². The number of rotatable bonds is 3. The molecule has 1 saturated heterocycles. The monoisotopic (exact) mass is 405 g/mol. The lowest BCUT2D eigenvalue weighted by molar-refractivity contribution is -0.119. The van der Waals surface area contributed by atoms with Gasteiger partial charge in [-0.1, -0.05) is 6.07 Å². The van der Waals surface area contributed by atoms with E-state index in [-0.39, 0.29) is 24.5 Å². The third-order valence-corrected chi connectivity index (χ3v) is 5.42. The first-order chi connectivity index (χ1) is 14.6. The van der Waals surface area contributed by atoms with E-state index >= 15 is 0 Å². The average Bonchev–Trinajstić information content (AvgIpc) is 3.40. The van der Waals surface area contributed by atoms with Crippen molar-refractivity contribution in [3.8, 4) is 11.5 Å². The molecule has 30 heavy (non-hydrogen) atoms. The highest BCUT2D eigenvalue weighted by atomic mass is 16.7. The predicted octanol–water partition coefficient (Wildman–Crippen LogP) is 2.62. The van der Waals surface area contributed by atoms with Gasteiger partial charge >= 0.3 is 0 Å². The first kappa shape index (κ1) is 18.2. The smallest absolute Gasteiger partial charge is 0.256 e. The number of amides is 3. The summed E-state index contributed by atoms with van der Waals surface area (Å²) in [6.07, 6.45) is 4.55. The second-order valence-corrected chi connectivity index (χ2v) is 7.34. The van der Waals surface area contributed by atoms with Crippen LogP contribution in [0.25, 0.3) is 6.08 Å². The summed E-state index contributed by atoms with van der Waals surface area (Å²) in [6.45, 7) is 0.754. The summed E-state index contributed by atoms with van der Waals surface area (Å²) in [5, 5.41) is 5.58. The molecule has 0 aliphatic carbocycles. The van der Waals surface area contributed by atoms with Gasteiger partial charge in [0.05, 0.1) is 11.3 Å². The van der Waals surface area contributed by atoms with E-state index in [2.05, 4.69) is 10.6 Å². The van der Waals surface area contributed by atoms with Crippen LogP contribution in [0, 0.1) is 0 Å². The van der Waals surface area contributed by atoms with E-state index in [4.69, 9.17) is 9.47 Å². The van der Waals surface area contributed by atoms with Crippen LogP contribution in [0.2, 0.25) is 0 Å². The van der Waals surface area contributed by atoms with Crippen LogP contribution in [0.3, 0.4) is 0 Å². The van der Waals surface area contributed by atoms with Gasteiger partial charge in [-0.3, -0.25) is 14.4 Å². The van der Waals surface area contributed by atoms with Crippen LogP contribution in [-0.2, 0) is 9.59 Å². The molecule has 3 amide bonds. The number of hydrogen-bond acceptors (Lipinski definition) is 5. The maximum absolute atomic E-state index is 12.9. The van der Waals surface area contributed by atoms with Crippen molar-refractivity contribution in [2.24, 2.45) is 0 Å². The van der Waals surface area contributed by atoms with Gasteiger partial charge in [0.2, 0.25) is 18.6 Å². The van der Waals surface area contributed by atoms with Gasteiger partial charge in [0.25, 0.3) is 5.91 Å². The van der Waals surface area contributed by atoms with E-state index < -0.39 is 6.04 Å². The Kier molecular flexibility index (Phi) is 4.39.